The quantitative estimate of drug-likeness (QED) is 0.386. The van der Waals surface area contributed by atoms with Crippen LogP contribution in [0.2, 0.25) is 0 Å². The monoisotopic (exact) mass is 158 g/mol. The van der Waals surface area contributed by atoms with E-state index >= 15 is 0 Å². The summed E-state index contributed by atoms with van der Waals surface area (Å²) < 4.78 is 4.29. The van der Waals surface area contributed by atoms with Gasteiger partial charge in [0.1, 0.15) is 0 Å². The molecule has 0 aliphatic carbocycles. The predicted molar refractivity (Wildman–Crippen MR) is 42.2 cm³/mol. The first-order chi connectivity index (χ1) is 5.07. The molecular formula is C8H14O3. The molecule has 0 spiro atoms. The molecule has 11 heavy (non-hydrogen) atoms. The van der Waals surface area contributed by atoms with Gasteiger partial charge in [-0.25, -0.2) is 4.79 Å². The van der Waals surface area contributed by atoms with Gasteiger partial charge in [-0.15, -0.1) is 0 Å². The Morgan fingerprint density at radius 3 is 2.55 bits per heavy atom. The van der Waals surface area contributed by atoms with Crippen LogP contribution in [0.15, 0.2) is 11.8 Å². The minimum Gasteiger partial charge on any atom is -0.502 e. The van der Waals surface area contributed by atoms with Crippen molar-refractivity contribution in [2.24, 2.45) is 5.92 Å². The molecule has 0 amide bonds. The van der Waals surface area contributed by atoms with Crippen LogP contribution in [-0.2, 0) is 9.53 Å². The number of esters is 1. The van der Waals surface area contributed by atoms with Crippen LogP contribution in [0.3, 0.4) is 0 Å². The smallest absolute Gasteiger partial charge is 0.372 e. The second-order valence-electron chi connectivity index (χ2n) is 2.71. The van der Waals surface area contributed by atoms with Gasteiger partial charge in [0.2, 0.25) is 0 Å². The van der Waals surface area contributed by atoms with E-state index in [1.54, 1.807) is 0 Å². The zero-order valence-corrected chi connectivity index (χ0v) is 7.13. The number of carbonyl (C=O) groups is 1. The van der Waals surface area contributed by atoms with E-state index in [1.807, 2.05) is 13.8 Å². The van der Waals surface area contributed by atoms with Gasteiger partial charge >= 0.3 is 5.97 Å². The molecule has 1 N–H and O–H groups in total. The van der Waals surface area contributed by atoms with Gasteiger partial charge in [0.05, 0.1) is 7.11 Å². The predicted octanol–water partition coefficient (Wildman–Crippen LogP) is 1.65. The van der Waals surface area contributed by atoms with Crippen molar-refractivity contribution in [2.45, 2.75) is 20.3 Å². The first-order valence-electron chi connectivity index (χ1n) is 3.55. The number of methoxy groups -OCH3 is 1. The maximum absolute atomic E-state index is 10.6. The van der Waals surface area contributed by atoms with E-state index in [0.29, 0.717) is 12.3 Å². The Hall–Kier alpha value is -0.990. The number of ether oxygens (including phenoxy) is 1. The van der Waals surface area contributed by atoms with E-state index in [4.69, 9.17) is 5.11 Å². The van der Waals surface area contributed by atoms with E-state index < -0.39 is 5.97 Å². The zero-order chi connectivity index (χ0) is 8.85. The van der Waals surface area contributed by atoms with Gasteiger partial charge in [-0.1, -0.05) is 13.8 Å². The summed E-state index contributed by atoms with van der Waals surface area (Å²) in [5.74, 6) is -0.548. The second-order valence-corrected chi connectivity index (χ2v) is 2.71. The van der Waals surface area contributed by atoms with E-state index in [-0.39, 0.29) is 5.76 Å². The maximum atomic E-state index is 10.6. The van der Waals surface area contributed by atoms with Gasteiger partial charge in [0.15, 0.2) is 5.76 Å². The van der Waals surface area contributed by atoms with E-state index in [0.717, 1.165) is 0 Å². The number of aliphatic hydroxyl groups excluding tert-OH is 1. The Kier molecular flexibility index (Phi) is 4.34. The van der Waals surface area contributed by atoms with Crippen molar-refractivity contribution in [1.82, 2.24) is 0 Å². The number of aliphatic hydroxyl groups is 1. The largest absolute Gasteiger partial charge is 0.502 e. The van der Waals surface area contributed by atoms with Crippen LogP contribution in [0, 0.1) is 5.92 Å². The summed E-state index contributed by atoms with van der Waals surface area (Å²) >= 11 is 0. The van der Waals surface area contributed by atoms with Crippen molar-refractivity contribution in [2.75, 3.05) is 7.11 Å². The van der Waals surface area contributed by atoms with Crippen LogP contribution in [0.4, 0.5) is 0 Å². The van der Waals surface area contributed by atoms with Crippen molar-refractivity contribution in [3.63, 3.8) is 0 Å². The Bertz CT molecular complexity index is 159. The number of hydrogen-bond donors (Lipinski definition) is 1. The highest BCUT2D eigenvalue weighted by Crippen LogP contribution is 2.03. The third kappa shape index (κ3) is 4.42. The molecular weight excluding hydrogens is 144 g/mol. The highest BCUT2D eigenvalue weighted by atomic mass is 16.5. The minimum atomic E-state index is -0.675. The van der Waals surface area contributed by atoms with Gasteiger partial charge in [0, 0.05) is 0 Å². The van der Waals surface area contributed by atoms with Crippen LogP contribution < -0.4 is 0 Å². The Labute approximate surface area is 66.7 Å². The van der Waals surface area contributed by atoms with Crippen molar-refractivity contribution in [3.8, 4) is 0 Å². The van der Waals surface area contributed by atoms with Crippen molar-refractivity contribution in [3.05, 3.63) is 11.8 Å². The van der Waals surface area contributed by atoms with Crippen LogP contribution in [-0.4, -0.2) is 18.2 Å². The molecule has 0 atom stereocenters. The molecule has 0 saturated heterocycles. The summed E-state index contributed by atoms with van der Waals surface area (Å²) in [4.78, 5) is 10.6. The molecule has 3 heteroatoms. The lowest BCUT2D eigenvalue weighted by molar-refractivity contribution is -0.139. The molecule has 0 unspecified atom stereocenters. The zero-order valence-electron chi connectivity index (χ0n) is 7.13. The van der Waals surface area contributed by atoms with Gasteiger partial charge < -0.3 is 9.84 Å². The van der Waals surface area contributed by atoms with E-state index in [9.17, 15) is 4.79 Å². The minimum absolute atomic E-state index is 0.304. The molecule has 0 aliphatic heterocycles. The fourth-order valence-corrected chi connectivity index (χ4v) is 0.535. The summed E-state index contributed by atoms with van der Waals surface area (Å²) in [5.41, 5.74) is 0. The Morgan fingerprint density at radius 2 is 2.18 bits per heavy atom. The van der Waals surface area contributed by atoms with E-state index in [1.165, 1.54) is 13.2 Å². The molecule has 3 nitrogen and oxygen atoms in total. The molecule has 64 valence electrons. The van der Waals surface area contributed by atoms with Crippen LogP contribution in [0.5, 0.6) is 0 Å². The average Bonchev–Trinajstić information content (AvgIpc) is 1.98. The summed E-state index contributed by atoms with van der Waals surface area (Å²) in [6, 6.07) is 0. The summed E-state index contributed by atoms with van der Waals surface area (Å²) in [5, 5.41) is 8.95. The number of rotatable bonds is 3. The molecule has 0 heterocycles. The normalized spacial score (nSPS) is 11.8. The van der Waals surface area contributed by atoms with Crippen molar-refractivity contribution < 1.29 is 14.6 Å². The van der Waals surface area contributed by atoms with Crippen molar-refractivity contribution in [1.29, 1.82) is 0 Å². The SMILES string of the molecule is COC(=O)C(O)=CCC(C)C. The van der Waals surface area contributed by atoms with Gasteiger partial charge in [0.25, 0.3) is 0 Å². The molecule has 0 bridgehead atoms. The number of allylic oxidation sites excluding steroid dienone is 1. The molecule has 0 aromatic carbocycles. The molecule has 0 aliphatic rings. The van der Waals surface area contributed by atoms with Crippen LogP contribution >= 0.6 is 0 Å². The lowest BCUT2D eigenvalue weighted by Gasteiger charge is -1.99. The van der Waals surface area contributed by atoms with Crippen molar-refractivity contribution >= 4 is 5.97 Å². The highest BCUT2D eigenvalue weighted by Gasteiger charge is 2.05. The van der Waals surface area contributed by atoms with Crippen LogP contribution in [0.25, 0.3) is 0 Å². The molecule has 0 fully saturated rings. The summed E-state index contributed by atoms with van der Waals surface area (Å²) in [6.07, 6.45) is 2.15. The Balaban J connectivity index is 3.90. The number of carbonyl (C=O) groups excluding carboxylic acids is 1. The fourth-order valence-electron chi connectivity index (χ4n) is 0.535. The average molecular weight is 158 g/mol. The Morgan fingerprint density at radius 1 is 1.64 bits per heavy atom. The maximum Gasteiger partial charge on any atom is 0.372 e. The van der Waals surface area contributed by atoms with Gasteiger partial charge in [-0.3, -0.25) is 0 Å². The lowest BCUT2D eigenvalue weighted by atomic mass is 10.1. The lowest BCUT2D eigenvalue weighted by Crippen LogP contribution is -2.04. The van der Waals surface area contributed by atoms with Gasteiger partial charge in [-0.2, -0.15) is 0 Å². The third-order valence-electron chi connectivity index (χ3n) is 1.18. The molecule has 0 rings (SSSR count). The highest BCUT2D eigenvalue weighted by molar-refractivity contribution is 5.85. The molecule has 0 saturated carbocycles. The molecule has 0 aromatic heterocycles. The van der Waals surface area contributed by atoms with Crippen LogP contribution in [0.1, 0.15) is 20.3 Å². The molecule has 0 radical (unpaired) electrons. The summed E-state index contributed by atoms with van der Waals surface area (Å²) in [6.45, 7) is 4.00. The first kappa shape index (κ1) is 10.0. The second kappa shape index (κ2) is 4.77. The third-order valence-corrected chi connectivity index (χ3v) is 1.18. The molecule has 0 aromatic rings. The standard InChI is InChI=1S/C8H14O3/c1-6(2)4-5-7(9)8(10)11-3/h5-6,9H,4H2,1-3H3. The van der Waals surface area contributed by atoms with E-state index in [2.05, 4.69) is 4.74 Å². The van der Waals surface area contributed by atoms with Gasteiger partial charge in [-0.05, 0) is 18.4 Å². The fraction of sp³-hybridized carbons (Fsp3) is 0.625. The topological polar surface area (TPSA) is 46.5 Å². The summed E-state index contributed by atoms with van der Waals surface area (Å²) in [7, 11) is 1.24. The first-order valence-corrected chi connectivity index (χ1v) is 3.55. The number of hydrogen-bond acceptors (Lipinski definition) is 3.